The summed E-state index contributed by atoms with van der Waals surface area (Å²) in [7, 11) is 2.66. The summed E-state index contributed by atoms with van der Waals surface area (Å²) in [6.07, 6.45) is 0. The predicted octanol–water partition coefficient (Wildman–Crippen LogP) is 4.51. The number of hydrogen-bond acceptors (Lipinski definition) is 8. The summed E-state index contributed by atoms with van der Waals surface area (Å²) in [6, 6.07) is 11.9. The number of nitrogens with one attached hydrogen (secondary N) is 2. The Bertz CT molecular complexity index is 1270. The SMILES string of the molecule is CCOc1c(Cl)cc([C@@H]2C(C#N)=C(SCC(=O)Nc3cccc(OC)c3)NC(=O)[C@H]2C(=O)OC)cc1Cl. The number of ether oxygens (including phenoxy) is 3. The molecule has 3 rings (SSSR count). The van der Waals surface area contributed by atoms with Crippen LogP contribution >= 0.6 is 35.0 Å². The van der Waals surface area contributed by atoms with Gasteiger partial charge in [-0.25, -0.2) is 0 Å². The zero-order valence-corrected chi connectivity index (χ0v) is 22.4. The van der Waals surface area contributed by atoms with E-state index in [4.69, 9.17) is 37.4 Å². The molecule has 0 saturated heterocycles. The number of allylic oxidation sites excluding steroid dienone is 1. The number of methoxy groups -OCH3 is 2. The molecule has 2 N–H and O–H groups in total. The molecule has 1 heterocycles. The first kappa shape index (κ1) is 28.2. The number of nitrogens with zero attached hydrogens (tertiary/aromatic N) is 1. The maximum Gasteiger partial charge on any atom is 0.319 e. The number of rotatable bonds is 9. The third-order valence-electron chi connectivity index (χ3n) is 5.35. The van der Waals surface area contributed by atoms with Crippen molar-refractivity contribution in [2.75, 3.05) is 31.9 Å². The van der Waals surface area contributed by atoms with Gasteiger partial charge in [0.25, 0.3) is 0 Å². The fourth-order valence-electron chi connectivity index (χ4n) is 3.76. The summed E-state index contributed by atoms with van der Waals surface area (Å²) < 4.78 is 15.5. The largest absolute Gasteiger partial charge is 0.497 e. The molecule has 0 aromatic heterocycles. The summed E-state index contributed by atoms with van der Waals surface area (Å²) in [5.41, 5.74) is 0.930. The molecule has 2 aromatic rings. The lowest BCUT2D eigenvalue weighted by atomic mass is 9.78. The van der Waals surface area contributed by atoms with Crippen molar-refractivity contribution in [3.63, 3.8) is 0 Å². The summed E-state index contributed by atoms with van der Waals surface area (Å²) >= 11 is 13.7. The molecule has 9 nitrogen and oxygen atoms in total. The van der Waals surface area contributed by atoms with Gasteiger partial charge in [0, 0.05) is 17.7 Å². The Morgan fingerprint density at radius 3 is 2.49 bits per heavy atom. The average Bonchev–Trinajstić information content (AvgIpc) is 2.88. The summed E-state index contributed by atoms with van der Waals surface area (Å²) in [4.78, 5) is 38.2. The van der Waals surface area contributed by atoms with Crippen LogP contribution in [0, 0.1) is 17.2 Å². The highest BCUT2D eigenvalue weighted by molar-refractivity contribution is 8.03. The second kappa shape index (κ2) is 12.7. The topological polar surface area (TPSA) is 127 Å². The molecule has 0 saturated carbocycles. The molecule has 0 unspecified atom stereocenters. The Morgan fingerprint density at radius 1 is 1.19 bits per heavy atom. The fraction of sp³-hybridized carbons (Fsp3) is 0.280. The van der Waals surface area contributed by atoms with Crippen LogP contribution in [0.5, 0.6) is 11.5 Å². The lowest BCUT2D eigenvalue weighted by molar-refractivity contribution is -0.150. The van der Waals surface area contributed by atoms with Crippen molar-refractivity contribution in [3.05, 3.63) is 62.6 Å². The Kier molecular flexibility index (Phi) is 9.69. The van der Waals surface area contributed by atoms with Gasteiger partial charge in [-0.3, -0.25) is 14.4 Å². The molecule has 0 bridgehead atoms. The molecule has 1 aliphatic rings. The highest BCUT2D eigenvalue weighted by Crippen LogP contribution is 2.44. The van der Waals surface area contributed by atoms with Crippen LogP contribution in [0.4, 0.5) is 5.69 Å². The monoisotopic (exact) mass is 563 g/mol. The normalized spacial score (nSPS) is 16.9. The molecule has 1 aliphatic heterocycles. The number of thioether (sulfide) groups is 1. The van der Waals surface area contributed by atoms with Crippen molar-refractivity contribution in [1.82, 2.24) is 5.32 Å². The first-order valence-electron chi connectivity index (χ1n) is 10.9. The van der Waals surface area contributed by atoms with Crippen LogP contribution in [0.2, 0.25) is 10.0 Å². The van der Waals surface area contributed by atoms with Crippen molar-refractivity contribution in [1.29, 1.82) is 5.26 Å². The van der Waals surface area contributed by atoms with Gasteiger partial charge in [-0.1, -0.05) is 41.0 Å². The summed E-state index contributed by atoms with van der Waals surface area (Å²) in [5, 5.41) is 15.8. The van der Waals surface area contributed by atoms with Crippen LogP contribution in [0.1, 0.15) is 18.4 Å². The number of anilines is 1. The highest BCUT2D eigenvalue weighted by Gasteiger charge is 2.44. The number of esters is 1. The third kappa shape index (κ3) is 6.49. The molecule has 0 radical (unpaired) electrons. The molecule has 12 heteroatoms. The quantitative estimate of drug-likeness (QED) is 0.337. The van der Waals surface area contributed by atoms with E-state index in [-0.39, 0.29) is 38.1 Å². The van der Waals surface area contributed by atoms with E-state index in [2.05, 4.69) is 16.7 Å². The minimum absolute atomic E-state index is 0.0606. The Balaban J connectivity index is 1.95. The number of benzene rings is 2. The Labute approximate surface area is 228 Å². The van der Waals surface area contributed by atoms with Crippen LogP contribution in [0.3, 0.4) is 0 Å². The van der Waals surface area contributed by atoms with Crippen LogP contribution in [-0.2, 0) is 19.1 Å². The number of carbonyl (C=O) groups is 3. The van der Waals surface area contributed by atoms with Crippen LogP contribution in [-0.4, -0.2) is 44.4 Å². The van der Waals surface area contributed by atoms with E-state index < -0.39 is 23.7 Å². The molecule has 2 atom stereocenters. The van der Waals surface area contributed by atoms with E-state index >= 15 is 0 Å². The van der Waals surface area contributed by atoms with Gasteiger partial charge in [0.1, 0.15) is 11.7 Å². The second-order valence-corrected chi connectivity index (χ2v) is 9.44. The number of halogens is 2. The third-order valence-corrected chi connectivity index (χ3v) is 6.93. The number of amides is 2. The first-order chi connectivity index (χ1) is 17.7. The van der Waals surface area contributed by atoms with Crippen molar-refractivity contribution in [2.45, 2.75) is 12.8 Å². The van der Waals surface area contributed by atoms with Gasteiger partial charge in [0.15, 0.2) is 5.75 Å². The molecule has 194 valence electrons. The molecule has 2 amide bonds. The lowest BCUT2D eigenvalue weighted by Gasteiger charge is -2.31. The van der Waals surface area contributed by atoms with Crippen molar-refractivity contribution < 1.29 is 28.6 Å². The number of hydrogen-bond donors (Lipinski definition) is 2. The minimum Gasteiger partial charge on any atom is -0.497 e. The van der Waals surface area contributed by atoms with E-state index in [9.17, 15) is 19.6 Å². The van der Waals surface area contributed by atoms with Crippen molar-refractivity contribution in [3.8, 4) is 17.6 Å². The van der Waals surface area contributed by atoms with Crippen LogP contribution in [0.15, 0.2) is 47.0 Å². The van der Waals surface area contributed by atoms with Crippen LogP contribution < -0.4 is 20.1 Å². The zero-order valence-electron chi connectivity index (χ0n) is 20.1. The molecule has 0 fully saturated rings. The lowest BCUT2D eigenvalue weighted by Crippen LogP contribution is -2.44. The fourth-order valence-corrected chi connectivity index (χ4v) is 5.22. The molecule has 37 heavy (non-hydrogen) atoms. The van der Waals surface area contributed by atoms with Gasteiger partial charge >= 0.3 is 5.97 Å². The standard InChI is InChI=1S/C25H23Cl2N3O6S/c1-4-36-22-17(26)8-13(9-18(22)27)20-16(11-28)24(30-23(32)21(20)25(33)35-3)37-12-19(31)29-14-6-5-7-15(10-14)34-2/h5-10,20-21H,4,12H2,1-3H3,(H,29,31)(H,30,32)/t20-,21+/m1/s1. The maximum absolute atomic E-state index is 13.0. The molecular formula is C25H23Cl2N3O6S. The van der Waals surface area contributed by atoms with E-state index in [1.165, 1.54) is 19.2 Å². The first-order valence-corrected chi connectivity index (χ1v) is 12.7. The van der Waals surface area contributed by atoms with Crippen molar-refractivity contribution >= 4 is 58.4 Å². The van der Waals surface area contributed by atoms with E-state index in [1.807, 2.05) is 0 Å². The molecule has 2 aromatic carbocycles. The zero-order chi connectivity index (χ0) is 27.1. The number of nitriles is 1. The second-order valence-electron chi connectivity index (χ2n) is 7.64. The average molecular weight is 564 g/mol. The summed E-state index contributed by atoms with van der Waals surface area (Å²) in [6.45, 7) is 2.08. The highest BCUT2D eigenvalue weighted by atomic mass is 35.5. The van der Waals surface area contributed by atoms with Gasteiger partial charge in [-0.05, 0) is 36.8 Å². The van der Waals surface area contributed by atoms with Crippen molar-refractivity contribution in [2.24, 2.45) is 5.92 Å². The van der Waals surface area contributed by atoms with Gasteiger partial charge in [-0.2, -0.15) is 5.26 Å². The van der Waals surface area contributed by atoms with Crippen LogP contribution in [0.25, 0.3) is 0 Å². The van der Waals surface area contributed by atoms with Gasteiger partial charge in [0.05, 0.1) is 53.3 Å². The number of carbonyl (C=O) groups excluding carboxylic acids is 3. The minimum atomic E-state index is -1.38. The van der Waals surface area contributed by atoms with E-state index in [1.54, 1.807) is 31.2 Å². The Hall–Kier alpha value is -3.39. The molecule has 0 spiro atoms. The maximum atomic E-state index is 13.0. The van der Waals surface area contributed by atoms with Gasteiger partial charge in [-0.15, -0.1) is 0 Å². The van der Waals surface area contributed by atoms with Gasteiger partial charge < -0.3 is 24.8 Å². The van der Waals surface area contributed by atoms with E-state index in [0.29, 0.717) is 23.6 Å². The van der Waals surface area contributed by atoms with Gasteiger partial charge in [0.2, 0.25) is 11.8 Å². The smallest absolute Gasteiger partial charge is 0.319 e. The predicted molar refractivity (Wildman–Crippen MR) is 141 cm³/mol. The Morgan fingerprint density at radius 2 is 1.89 bits per heavy atom. The molecular weight excluding hydrogens is 541 g/mol. The van der Waals surface area contributed by atoms with E-state index in [0.717, 1.165) is 18.9 Å². The summed E-state index contributed by atoms with van der Waals surface area (Å²) in [5.74, 6) is -3.64. The molecule has 0 aliphatic carbocycles.